The van der Waals surface area contributed by atoms with E-state index < -0.39 is 11.7 Å². The molecule has 0 N–H and O–H groups in total. The third kappa shape index (κ3) is 3.96. The molecular formula is C17H19F3N2O2. The topological polar surface area (TPSA) is 46.3 Å². The van der Waals surface area contributed by atoms with Gasteiger partial charge in [-0.1, -0.05) is 5.16 Å². The number of aryl methyl sites for hydroxylation is 2. The van der Waals surface area contributed by atoms with Crippen LogP contribution in [0.25, 0.3) is 0 Å². The van der Waals surface area contributed by atoms with Gasteiger partial charge in [0.1, 0.15) is 5.76 Å². The van der Waals surface area contributed by atoms with Gasteiger partial charge in [0.2, 0.25) is 5.91 Å². The van der Waals surface area contributed by atoms with Gasteiger partial charge in [-0.2, -0.15) is 13.2 Å². The fourth-order valence-corrected chi connectivity index (χ4v) is 2.56. The number of hydrogen-bond donors (Lipinski definition) is 0. The van der Waals surface area contributed by atoms with E-state index in [2.05, 4.69) is 5.16 Å². The molecule has 2 rings (SSSR count). The van der Waals surface area contributed by atoms with Crippen LogP contribution in [-0.4, -0.2) is 17.6 Å². The fourth-order valence-electron chi connectivity index (χ4n) is 2.56. The van der Waals surface area contributed by atoms with Crippen molar-refractivity contribution in [1.29, 1.82) is 0 Å². The Hall–Kier alpha value is -2.31. The minimum atomic E-state index is -4.39. The summed E-state index contributed by atoms with van der Waals surface area (Å²) in [6, 6.07) is 4.61. The maximum atomic E-state index is 12.6. The molecule has 4 nitrogen and oxygen atoms in total. The first kappa shape index (κ1) is 18.0. The molecule has 0 radical (unpaired) electrons. The highest BCUT2D eigenvalue weighted by Gasteiger charge is 2.30. The van der Waals surface area contributed by atoms with E-state index >= 15 is 0 Å². The second-order valence-electron chi connectivity index (χ2n) is 5.49. The van der Waals surface area contributed by atoms with Crippen molar-refractivity contribution in [3.05, 3.63) is 46.8 Å². The van der Waals surface area contributed by atoms with Crippen molar-refractivity contribution in [1.82, 2.24) is 5.16 Å². The summed E-state index contributed by atoms with van der Waals surface area (Å²) < 4.78 is 42.9. The summed E-state index contributed by atoms with van der Waals surface area (Å²) in [5.74, 6) is 0.523. The molecule has 0 spiro atoms. The number of nitrogens with zero attached hydrogens (tertiary/aromatic N) is 2. The summed E-state index contributed by atoms with van der Waals surface area (Å²) >= 11 is 0. The number of anilines is 1. The molecule has 130 valence electrons. The van der Waals surface area contributed by atoms with Gasteiger partial charge in [0.15, 0.2) is 0 Å². The number of amides is 1. The average molecular weight is 340 g/mol. The van der Waals surface area contributed by atoms with Gasteiger partial charge in [-0.3, -0.25) is 4.79 Å². The van der Waals surface area contributed by atoms with Crippen molar-refractivity contribution >= 4 is 11.6 Å². The van der Waals surface area contributed by atoms with Crippen molar-refractivity contribution < 1.29 is 22.5 Å². The molecule has 0 atom stereocenters. The van der Waals surface area contributed by atoms with E-state index in [-0.39, 0.29) is 12.3 Å². The molecule has 0 unspecified atom stereocenters. The molecule has 1 aromatic carbocycles. The Labute approximate surface area is 138 Å². The Morgan fingerprint density at radius 1 is 1.21 bits per heavy atom. The van der Waals surface area contributed by atoms with Crippen LogP contribution in [0.4, 0.5) is 18.9 Å². The van der Waals surface area contributed by atoms with Gasteiger partial charge in [0.05, 0.1) is 11.3 Å². The smallest absolute Gasteiger partial charge is 0.361 e. The number of halogens is 3. The predicted molar refractivity (Wildman–Crippen MR) is 83.8 cm³/mol. The minimum Gasteiger partial charge on any atom is -0.361 e. The standard InChI is InChI=1S/C17H19F3N2O2/c1-4-22(14-7-5-13(6-8-14)17(18,19)20)16(23)10-9-15-11(2)21-24-12(15)3/h5-8H,4,9-10H2,1-3H3. The van der Waals surface area contributed by atoms with E-state index in [9.17, 15) is 18.0 Å². The molecule has 0 aliphatic rings. The minimum absolute atomic E-state index is 0.155. The summed E-state index contributed by atoms with van der Waals surface area (Å²) in [5.41, 5.74) is 1.37. The van der Waals surface area contributed by atoms with Crippen LogP contribution in [0.1, 0.15) is 35.9 Å². The number of benzene rings is 1. The first-order valence-corrected chi connectivity index (χ1v) is 7.63. The Bertz CT molecular complexity index is 686. The second kappa shape index (κ2) is 7.07. The number of carbonyl (C=O) groups is 1. The van der Waals surface area contributed by atoms with Crippen molar-refractivity contribution in [2.75, 3.05) is 11.4 Å². The van der Waals surface area contributed by atoms with E-state index in [4.69, 9.17) is 4.52 Å². The number of carbonyl (C=O) groups excluding carboxylic acids is 1. The van der Waals surface area contributed by atoms with E-state index in [1.54, 1.807) is 13.8 Å². The molecule has 7 heteroatoms. The molecule has 1 amide bonds. The van der Waals surface area contributed by atoms with Crippen molar-refractivity contribution in [3.8, 4) is 0 Å². The lowest BCUT2D eigenvalue weighted by Gasteiger charge is -2.21. The molecule has 24 heavy (non-hydrogen) atoms. The SMILES string of the molecule is CCN(C(=O)CCc1c(C)noc1C)c1ccc(C(F)(F)F)cc1. The quantitative estimate of drug-likeness (QED) is 0.815. The third-order valence-corrected chi connectivity index (χ3v) is 3.89. The van der Waals surface area contributed by atoms with Gasteiger partial charge in [-0.05, 0) is 51.5 Å². The van der Waals surface area contributed by atoms with Crippen LogP contribution in [0.5, 0.6) is 0 Å². The van der Waals surface area contributed by atoms with Crippen LogP contribution in [0, 0.1) is 13.8 Å². The van der Waals surface area contributed by atoms with Crippen LogP contribution in [0.3, 0.4) is 0 Å². The van der Waals surface area contributed by atoms with Gasteiger partial charge < -0.3 is 9.42 Å². The lowest BCUT2D eigenvalue weighted by atomic mass is 10.1. The summed E-state index contributed by atoms with van der Waals surface area (Å²) in [7, 11) is 0. The maximum absolute atomic E-state index is 12.6. The van der Waals surface area contributed by atoms with Crippen LogP contribution in [0.2, 0.25) is 0 Å². The molecular weight excluding hydrogens is 321 g/mol. The highest BCUT2D eigenvalue weighted by atomic mass is 19.4. The monoisotopic (exact) mass is 340 g/mol. The first-order valence-electron chi connectivity index (χ1n) is 7.63. The van der Waals surface area contributed by atoms with Crippen molar-refractivity contribution in [2.45, 2.75) is 39.8 Å². The van der Waals surface area contributed by atoms with Crippen LogP contribution >= 0.6 is 0 Å². The number of aromatic nitrogens is 1. The summed E-state index contributed by atoms with van der Waals surface area (Å²) in [6.45, 7) is 5.76. The highest BCUT2D eigenvalue weighted by Crippen LogP contribution is 2.30. The Kier molecular flexibility index (Phi) is 5.31. The molecule has 2 aromatic rings. The summed E-state index contributed by atoms with van der Waals surface area (Å²) in [6.07, 6.45) is -3.67. The van der Waals surface area contributed by atoms with Gasteiger partial charge in [-0.25, -0.2) is 0 Å². The molecule has 0 aliphatic heterocycles. The van der Waals surface area contributed by atoms with E-state index in [1.165, 1.54) is 17.0 Å². The van der Waals surface area contributed by atoms with Gasteiger partial charge in [0, 0.05) is 24.2 Å². The van der Waals surface area contributed by atoms with Crippen molar-refractivity contribution in [2.24, 2.45) is 0 Å². The fraction of sp³-hybridized carbons (Fsp3) is 0.412. The highest BCUT2D eigenvalue weighted by molar-refractivity contribution is 5.93. The van der Waals surface area contributed by atoms with Gasteiger partial charge >= 0.3 is 6.18 Å². The molecule has 0 saturated carbocycles. The van der Waals surface area contributed by atoms with E-state index in [1.807, 2.05) is 6.92 Å². The normalized spacial score (nSPS) is 11.6. The van der Waals surface area contributed by atoms with Crippen LogP contribution in [-0.2, 0) is 17.4 Å². The maximum Gasteiger partial charge on any atom is 0.416 e. The first-order chi connectivity index (χ1) is 11.2. The third-order valence-electron chi connectivity index (χ3n) is 3.89. The zero-order valence-corrected chi connectivity index (χ0v) is 13.8. The van der Waals surface area contributed by atoms with E-state index in [0.29, 0.717) is 24.4 Å². The van der Waals surface area contributed by atoms with E-state index in [0.717, 1.165) is 23.4 Å². The largest absolute Gasteiger partial charge is 0.416 e. The van der Waals surface area contributed by atoms with Crippen molar-refractivity contribution in [3.63, 3.8) is 0 Å². The second-order valence-corrected chi connectivity index (χ2v) is 5.49. The summed E-state index contributed by atoms with van der Waals surface area (Å²) in [5, 5.41) is 3.84. The number of alkyl halides is 3. The lowest BCUT2D eigenvalue weighted by molar-refractivity contribution is -0.137. The molecule has 0 saturated heterocycles. The zero-order valence-electron chi connectivity index (χ0n) is 13.8. The molecule has 0 aliphatic carbocycles. The van der Waals surface area contributed by atoms with Gasteiger partial charge in [0.25, 0.3) is 0 Å². The Morgan fingerprint density at radius 2 is 1.83 bits per heavy atom. The molecule has 0 fully saturated rings. The average Bonchev–Trinajstić information content (AvgIpc) is 2.84. The Balaban J connectivity index is 2.09. The summed E-state index contributed by atoms with van der Waals surface area (Å²) in [4.78, 5) is 13.9. The lowest BCUT2D eigenvalue weighted by Crippen LogP contribution is -2.30. The van der Waals surface area contributed by atoms with Gasteiger partial charge in [-0.15, -0.1) is 0 Å². The molecule has 1 heterocycles. The number of hydrogen-bond acceptors (Lipinski definition) is 3. The molecule has 0 bridgehead atoms. The predicted octanol–water partition coefficient (Wildman–Crippen LogP) is 4.30. The number of rotatable bonds is 5. The zero-order chi connectivity index (χ0) is 17.9. The van der Waals surface area contributed by atoms with Crippen LogP contribution in [0.15, 0.2) is 28.8 Å². The Morgan fingerprint density at radius 3 is 2.29 bits per heavy atom. The molecule has 1 aromatic heterocycles. The van der Waals surface area contributed by atoms with Crippen LogP contribution < -0.4 is 4.90 Å².